The number of nitrogen functional groups attached to an aromatic ring is 1. The van der Waals surface area contributed by atoms with Crippen molar-refractivity contribution in [3.63, 3.8) is 0 Å². The van der Waals surface area contributed by atoms with Gasteiger partial charge in [0.2, 0.25) is 0 Å². The van der Waals surface area contributed by atoms with Crippen LogP contribution < -0.4 is 5.73 Å². The maximum atomic E-state index is 5.88. The first-order valence-electron chi connectivity index (χ1n) is 4.76. The van der Waals surface area contributed by atoms with Crippen molar-refractivity contribution in [2.24, 2.45) is 0 Å². The molecule has 2 rings (SSSR count). The summed E-state index contributed by atoms with van der Waals surface area (Å²) in [5.74, 6) is 0. The molecule has 0 bridgehead atoms. The number of nitrogens with zero attached hydrogens (tertiary/aromatic N) is 2. The van der Waals surface area contributed by atoms with E-state index in [0.29, 0.717) is 5.13 Å². The first-order valence-corrected chi connectivity index (χ1v) is 6.83. The van der Waals surface area contributed by atoms with E-state index in [-0.39, 0.29) is 0 Å². The molecule has 0 saturated carbocycles. The van der Waals surface area contributed by atoms with E-state index >= 15 is 0 Å². The monoisotopic (exact) mass is 273 g/mol. The molecule has 3 nitrogen and oxygen atoms in total. The number of hydrogen-bond donors (Lipinski definition) is 1. The molecule has 0 amide bonds. The Labute approximate surface area is 107 Å². The summed E-state index contributed by atoms with van der Waals surface area (Å²) in [6, 6.07) is 3.98. The Morgan fingerprint density at radius 2 is 2.25 bits per heavy atom. The van der Waals surface area contributed by atoms with Crippen LogP contribution in [0.3, 0.4) is 0 Å². The van der Waals surface area contributed by atoms with Gasteiger partial charge < -0.3 is 5.73 Å². The SMILES string of the molecule is CN(Cc1csc(N)n1)Cc1ccc(Cl)s1. The fraction of sp³-hybridized carbons (Fsp3) is 0.300. The van der Waals surface area contributed by atoms with Crippen LogP contribution in [0.5, 0.6) is 0 Å². The van der Waals surface area contributed by atoms with Crippen LogP contribution in [0, 0.1) is 0 Å². The third-order valence-electron chi connectivity index (χ3n) is 2.06. The molecular weight excluding hydrogens is 262 g/mol. The fourth-order valence-corrected chi connectivity index (χ4v) is 3.15. The predicted octanol–water partition coefficient (Wildman–Crippen LogP) is 3.07. The van der Waals surface area contributed by atoms with Gasteiger partial charge >= 0.3 is 0 Å². The average molecular weight is 274 g/mol. The second-order valence-corrected chi connectivity index (χ2v) is 6.24. The highest BCUT2D eigenvalue weighted by molar-refractivity contribution is 7.16. The molecule has 0 radical (unpaired) electrons. The van der Waals surface area contributed by atoms with E-state index in [1.165, 1.54) is 16.2 Å². The molecule has 0 fully saturated rings. The Morgan fingerprint density at radius 1 is 1.44 bits per heavy atom. The van der Waals surface area contributed by atoms with Crippen LogP contribution in [-0.2, 0) is 13.1 Å². The van der Waals surface area contributed by atoms with E-state index in [4.69, 9.17) is 17.3 Å². The molecule has 0 aliphatic heterocycles. The van der Waals surface area contributed by atoms with Gasteiger partial charge in [-0.15, -0.1) is 22.7 Å². The summed E-state index contributed by atoms with van der Waals surface area (Å²) in [5.41, 5.74) is 6.60. The standard InChI is InChI=1S/C10H12ClN3S2/c1-14(4-7-6-15-10(12)13-7)5-8-2-3-9(11)16-8/h2-3,6H,4-5H2,1H3,(H2,12,13). The predicted molar refractivity (Wildman–Crippen MR) is 71.0 cm³/mol. The van der Waals surface area contributed by atoms with Gasteiger partial charge in [-0.1, -0.05) is 11.6 Å². The van der Waals surface area contributed by atoms with E-state index in [1.807, 2.05) is 11.4 Å². The topological polar surface area (TPSA) is 42.1 Å². The molecule has 0 aliphatic rings. The van der Waals surface area contributed by atoms with Crippen molar-refractivity contribution >= 4 is 39.4 Å². The number of thiazole rings is 1. The molecule has 2 aromatic rings. The normalized spacial score (nSPS) is 11.2. The van der Waals surface area contributed by atoms with Crippen molar-refractivity contribution in [1.29, 1.82) is 0 Å². The molecule has 0 saturated heterocycles. The van der Waals surface area contributed by atoms with E-state index in [9.17, 15) is 0 Å². The maximum Gasteiger partial charge on any atom is 0.180 e. The van der Waals surface area contributed by atoms with Crippen molar-refractivity contribution in [3.05, 3.63) is 32.4 Å². The summed E-state index contributed by atoms with van der Waals surface area (Å²) >= 11 is 8.97. The minimum atomic E-state index is 0.627. The zero-order valence-corrected chi connectivity index (χ0v) is 11.2. The maximum absolute atomic E-state index is 5.88. The van der Waals surface area contributed by atoms with Gasteiger partial charge in [0.1, 0.15) is 0 Å². The second-order valence-electron chi connectivity index (χ2n) is 3.56. The van der Waals surface area contributed by atoms with Crippen molar-refractivity contribution in [2.75, 3.05) is 12.8 Å². The van der Waals surface area contributed by atoms with Crippen LogP contribution in [0.25, 0.3) is 0 Å². The van der Waals surface area contributed by atoms with Crippen LogP contribution >= 0.6 is 34.3 Å². The Bertz CT molecular complexity index is 424. The van der Waals surface area contributed by atoms with Gasteiger partial charge in [0.05, 0.1) is 10.0 Å². The first-order chi connectivity index (χ1) is 7.63. The van der Waals surface area contributed by atoms with Crippen molar-refractivity contribution in [2.45, 2.75) is 13.1 Å². The van der Waals surface area contributed by atoms with Crippen LogP contribution in [0.2, 0.25) is 4.34 Å². The highest BCUT2D eigenvalue weighted by Gasteiger charge is 2.06. The number of rotatable bonds is 4. The van der Waals surface area contributed by atoms with Gasteiger partial charge in [-0.3, -0.25) is 4.90 Å². The number of thiophene rings is 1. The average Bonchev–Trinajstić information content (AvgIpc) is 2.76. The lowest BCUT2D eigenvalue weighted by Gasteiger charge is -2.13. The molecular formula is C10H12ClN3S2. The first kappa shape index (κ1) is 11.9. The number of halogens is 1. The van der Waals surface area contributed by atoms with Gasteiger partial charge in [-0.2, -0.15) is 0 Å². The lowest BCUT2D eigenvalue weighted by atomic mass is 10.4. The van der Waals surface area contributed by atoms with Crippen molar-refractivity contribution in [3.8, 4) is 0 Å². The third kappa shape index (κ3) is 3.18. The lowest BCUT2D eigenvalue weighted by Crippen LogP contribution is -2.16. The Hall–Kier alpha value is -0.620. The van der Waals surface area contributed by atoms with E-state index in [0.717, 1.165) is 23.1 Å². The van der Waals surface area contributed by atoms with Crippen molar-refractivity contribution < 1.29 is 0 Å². The fourth-order valence-electron chi connectivity index (χ4n) is 1.43. The quantitative estimate of drug-likeness (QED) is 0.931. The summed E-state index contributed by atoms with van der Waals surface area (Å²) in [5, 5.41) is 2.62. The zero-order chi connectivity index (χ0) is 11.5. The molecule has 86 valence electrons. The number of aromatic nitrogens is 1. The molecule has 16 heavy (non-hydrogen) atoms. The Kier molecular flexibility index (Phi) is 3.81. The van der Waals surface area contributed by atoms with E-state index in [1.54, 1.807) is 11.3 Å². The molecule has 0 spiro atoms. The van der Waals surface area contributed by atoms with Crippen molar-refractivity contribution in [1.82, 2.24) is 9.88 Å². The molecule has 0 unspecified atom stereocenters. The van der Waals surface area contributed by atoms with E-state index < -0.39 is 0 Å². The van der Waals surface area contributed by atoms with Gasteiger partial charge in [0.15, 0.2) is 5.13 Å². The van der Waals surface area contributed by atoms with Gasteiger partial charge in [-0.25, -0.2) is 4.98 Å². The van der Waals surface area contributed by atoms with Crippen LogP contribution in [-0.4, -0.2) is 16.9 Å². The number of hydrogen-bond acceptors (Lipinski definition) is 5. The summed E-state index contributed by atoms with van der Waals surface area (Å²) in [6.07, 6.45) is 0. The number of anilines is 1. The lowest BCUT2D eigenvalue weighted by molar-refractivity contribution is 0.319. The van der Waals surface area contributed by atoms with Crippen LogP contribution in [0.4, 0.5) is 5.13 Å². The highest BCUT2D eigenvalue weighted by atomic mass is 35.5. The molecule has 0 aliphatic carbocycles. The second kappa shape index (κ2) is 5.14. The molecule has 2 aromatic heterocycles. The molecule has 6 heteroatoms. The van der Waals surface area contributed by atoms with Gasteiger partial charge in [-0.05, 0) is 19.2 Å². The molecule has 0 atom stereocenters. The molecule has 2 heterocycles. The zero-order valence-electron chi connectivity index (χ0n) is 8.81. The van der Waals surface area contributed by atoms with Gasteiger partial charge in [0.25, 0.3) is 0 Å². The molecule has 2 N–H and O–H groups in total. The minimum absolute atomic E-state index is 0.627. The number of nitrogens with two attached hydrogens (primary N) is 1. The third-order valence-corrected chi connectivity index (χ3v) is 3.99. The summed E-state index contributed by atoms with van der Waals surface area (Å²) in [7, 11) is 2.06. The van der Waals surface area contributed by atoms with Crippen LogP contribution in [0.15, 0.2) is 17.5 Å². The largest absolute Gasteiger partial charge is 0.375 e. The van der Waals surface area contributed by atoms with E-state index in [2.05, 4.69) is 23.0 Å². The van der Waals surface area contributed by atoms with Crippen LogP contribution in [0.1, 0.15) is 10.6 Å². The Morgan fingerprint density at radius 3 is 2.81 bits per heavy atom. The highest BCUT2D eigenvalue weighted by Crippen LogP contribution is 2.23. The summed E-state index contributed by atoms with van der Waals surface area (Å²) in [6.45, 7) is 1.69. The smallest absolute Gasteiger partial charge is 0.180 e. The Balaban J connectivity index is 1.91. The summed E-state index contributed by atoms with van der Waals surface area (Å²) < 4.78 is 0.835. The minimum Gasteiger partial charge on any atom is -0.375 e. The van der Waals surface area contributed by atoms with Gasteiger partial charge in [0, 0.05) is 23.3 Å². The molecule has 0 aromatic carbocycles. The summed E-state index contributed by atoms with van der Waals surface area (Å²) in [4.78, 5) is 7.68.